The van der Waals surface area contributed by atoms with E-state index in [2.05, 4.69) is 36.9 Å². The molecule has 3 heterocycles. The number of fused-ring (bicyclic) bond motifs is 2. The Morgan fingerprint density at radius 1 is 1.15 bits per heavy atom. The van der Waals surface area contributed by atoms with Crippen LogP contribution in [0.2, 0.25) is 0 Å². The minimum Gasteiger partial charge on any atom is -0.378 e. The summed E-state index contributed by atoms with van der Waals surface area (Å²) in [5, 5.41) is 0. The maximum absolute atomic E-state index is 12.9. The largest absolute Gasteiger partial charge is 0.378 e. The van der Waals surface area contributed by atoms with Gasteiger partial charge >= 0.3 is 0 Å². The third-order valence-electron chi connectivity index (χ3n) is 5.57. The lowest BCUT2D eigenvalue weighted by Gasteiger charge is -2.27. The highest BCUT2D eigenvalue weighted by atomic mass is 79.9. The van der Waals surface area contributed by atoms with E-state index < -0.39 is 0 Å². The van der Waals surface area contributed by atoms with Crippen molar-refractivity contribution in [3.63, 3.8) is 0 Å². The van der Waals surface area contributed by atoms with Crippen molar-refractivity contribution in [3.8, 4) is 0 Å². The van der Waals surface area contributed by atoms with Crippen LogP contribution in [-0.2, 0) is 10.2 Å². The Bertz CT molecular complexity index is 860. The number of benzene rings is 1. The summed E-state index contributed by atoms with van der Waals surface area (Å²) in [6, 6.07) is 6.13. The normalized spacial score (nSPS) is 20.3. The number of amides is 1. The Labute approximate surface area is 160 Å². The molecule has 1 aromatic carbocycles. The van der Waals surface area contributed by atoms with Gasteiger partial charge in [-0.25, -0.2) is 9.97 Å². The van der Waals surface area contributed by atoms with Crippen molar-refractivity contribution in [2.24, 2.45) is 0 Å². The summed E-state index contributed by atoms with van der Waals surface area (Å²) in [7, 11) is 0. The van der Waals surface area contributed by atoms with Crippen LogP contribution in [0.4, 0.5) is 11.6 Å². The Morgan fingerprint density at radius 3 is 2.58 bits per heavy atom. The molecule has 3 aliphatic rings. The third kappa shape index (κ3) is 2.61. The molecule has 0 radical (unpaired) electrons. The molecule has 1 saturated heterocycles. The second kappa shape index (κ2) is 6.03. The third-order valence-corrected chi connectivity index (χ3v) is 5.98. The molecular formula is C19H19BrN4O2. The van der Waals surface area contributed by atoms with Crippen molar-refractivity contribution in [1.82, 2.24) is 14.9 Å². The van der Waals surface area contributed by atoms with Crippen LogP contribution in [0.3, 0.4) is 0 Å². The fourth-order valence-electron chi connectivity index (χ4n) is 3.96. The molecule has 2 aliphatic heterocycles. The van der Waals surface area contributed by atoms with E-state index in [1.165, 1.54) is 18.4 Å². The highest BCUT2D eigenvalue weighted by Crippen LogP contribution is 2.57. The van der Waals surface area contributed by atoms with Crippen LogP contribution >= 0.6 is 15.9 Å². The summed E-state index contributed by atoms with van der Waals surface area (Å²) in [5.74, 6) is 0.763. The number of aromatic nitrogens is 2. The lowest BCUT2D eigenvalue weighted by molar-refractivity contribution is 0.0303. The van der Waals surface area contributed by atoms with Gasteiger partial charge in [-0.05, 0) is 46.5 Å². The van der Waals surface area contributed by atoms with E-state index >= 15 is 0 Å². The Morgan fingerprint density at radius 2 is 1.88 bits per heavy atom. The molecule has 1 aromatic heterocycles. The summed E-state index contributed by atoms with van der Waals surface area (Å²) in [6.45, 7) is 3.41. The predicted octanol–water partition coefficient (Wildman–Crippen LogP) is 2.89. The number of ether oxygens (including phenoxy) is 1. The number of halogens is 1. The molecule has 1 aliphatic carbocycles. The average Bonchev–Trinajstić information content (AvgIpc) is 3.40. The molecule has 26 heavy (non-hydrogen) atoms. The molecule has 5 rings (SSSR count). The zero-order valence-corrected chi connectivity index (χ0v) is 15.9. The maximum atomic E-state index is 12.9. The summed E-state index contributed by atoms with van der Waals surface area (Å²) in [4.78, 5) is 25.9. The van der Waals surface area contributed by atoms with Gasteiger partial charge < -0.3 is 14.5 Å². The van der Waals surface area contributed by atoms with E-state index in [4.69, 9.17) is 4.74 Å². The summed E-state index contributed by atoms with van der Waals surface area (Å²) in [5.41, 5.74) is 3.34. The van der Waals surface area contributed by atoms with Gasteiger partial charge in [0.15, 0.2) is 0 Å². The summed E-state index contributed by atoms with van der Waals surface area (Å²) >= 11 is 3.39. The monoisotopic (exact) mass is 414 g/mol. The van der Waals surface area contributed by atoms with Crippen LogP contribution in [0.1, 0.15) is 28.8 Å². The van der Waals surface area contributed by atoms with Gasteiger partial charge in [0.25, 0.3) is 5.91 Å². The highest BCUT2D eigenvalue weighted by molar-refractivity contribution is 9.10. The van der Waals surface area contributed by atoms with Crippen LogP contribution in [0.5, 0.6) is 0 Å². The van der Waals surface area contributed by atoms with E-state index in [0.29, 0.717) is 32.3 Å². The lowest BCUT2D eigenvalue weighted by Crippen LogP contribution is -2.40. The molecule has 0 unspecified atom stereocenters. The van der Waals surface area contributed by atoms with Gasteiger partial charge in [-0.15, -0.1) is 0 Å². The number of morpholine rings is 1. The van der Waals surface area contributed by atoms with Crippen molar-refractivity contribution in [1.29, 1.82) is 0 Å². The maximum Gasteiger partial charge on any atom is 0.254 e. The molecule has 0 N–H and O–H groups in total. The number of rotatable bonds is 2. The van der Waals surface area contributed by atoms with Crippen molar-refractivity contribution in [2.75, 3.05) is 37.7 Å². The molecule has 7 heteroatoms. The molecule has 134 valence electrons. The minimum atomic E-state index is 0.0736. The van der Waals surface area contributed by atoms with E-state index in [0.717, 1.165) is 22.3 Å². The topological polar surface area (TPSA) is 58.6 Å². The highest BCUT2D eigenvalue weighted by Gasteiger charge is 2.52. The Balaban J connectivity index is 1.51. The van der Waals surface area contributed by atoms with Gasteiger partial charge in [0.1, 0.15) is 0 Å². The van der Waals surface area contributed by atoms with Crippen LogP contribution in [-0.4, -0.2) is 53.6 Å². The van der Waals surface area contributed by atoms with Gasteiger partial charge in [0.2, 0.25) is 5.95 Å². The first-order valence-corrected chi connectivity index (χ1v) is 9.72. The number of carbonyl (C=O) groups is 1. The van der Waals surface area contributed by atoms with E-state index in [-0.39, 0.29) is 11.3 Å². The zero-order valence-electron chi connectivity index (χ0n) is 14.3. The molecule has 2 aromatic rings. The smallest absolute Gasteiger partial charge is 0.254 e. The fourth-order valence-corrected chi connectivity index (χ4v) is 4.16. The Kier molecular flexibility index (Phi) is 3.76. The van der Waals surface area contributed by atoms with Crippen molar-refractivity contribution >= 4 is 33.5 Å². The SMILES string of the molecule is O=C(c1ccc2c(c1)N(c1ncc(Br)cn1)CC21CC1)N1CCOCC1. The predicted molar refractivity (Wildman–Crippen MR) is 101 cm³/mol. The van der Waals surface area contributed by atoms with Crippen molar-refractivity contribution in [2.45, 2.75) is 18.3 Å². The molecule has 1 saturated carbocycles. The first kappa shape index (κ1) is 16.2. The molecule has 1 amide bonds. The van der Waals surface area contributed by atoms with E-state index in [9.17, 15) is 4.79 Å². The van der Waals surface area contributed by atoms with Gasteiger partial charge in [0.05, 0.1) is 17.7 Å². The standard InChI is InChI=1S/C19H19BrN4O2/c20-14-10-21-18(22-11-14)24-12-19(3-4-19)15-2-1-13(9-16(15)24)17(25)23-5-7-26-8-6-23/h1-2,9-11H,3-8,12H2. The summed E-state index contributed by atoms with van der Waals surface area (Å²) in [6.07, 6.45) is 5.90. The fraction of sp³-hybridized carbons (Fsp3) is 0.421. The minimum absolute atomic E-state index is 0.0736. The van der Waals surface area contributed by atoms with Gasteiger partial charge in [-0.1, -0.05) is 6.07 Å². The van der Waals surface area contributed by atoms with E-state index in [1.807, 2.05) is 17.0 Å². The summed E-state index contributed by atoms with van der Waals surface area (Å²) < 4.78 is 6.22. The molecule has 0 atom stereocenters. The van der Waals surface area contributed by atoms with Crippen molar-refractivity contribution < 1.29 is 9.53 Å². The number of carbonyl (C=O) groups excluding carboxylic acids is 1. The average molecular weight is 415 g/mol. The Hall–Kier alpha value is -1.99. The van der Waals surface area contributed by atoms with Crippen LogP contribution in [0, 0.1) is 0 Å². The van der Waals surface area contributed by atoms with Crippen LogP contribution in [0.15, 0.2) is 35.1 Å². The molecule has 6 nitrogen and oxygen atoms in total. The number of nitrogens with zero attached hydrogens (tertiary/aromatic N) is 4. The quantitative estimate of drug-likeness (QED) is 0.755. The van der Waals surface area contributed by atoms with E-state index in [1.54, 1.807) is 12.4 Å². The first-order chi connectivity index (χ1) is 12.7. The van der Waals surface area contributed by atoms with Gasteiger partial charge in [-0.2, -0.15) is 0 Å². The lowest BCUT2D eigenvalue weighted by atomic mass is 9.97. The molecular weight excluding hydrogens is 396 g/mol. The second-order valence-corrected chi connectivity index (χ2v) is 8.12. The zero-order chi connectivity index (χ0) is 17.7. The number of hydrogen-bond acceptors (Lipinski definition) is 5. The number of hydrogen-bond donors (Lipinski definition) is 0. The first-order valence-electron chi connectivity index (χ1n) is 8.93. The van der Waals surface area contributed by atoms with Gasteiger partial charge in [0, 0.05) is 48.7 Å². The van der Waals surface area contributed by atoms with Crippen molar-refractivity contribution in [3.05, 3.63) is 46.2 Å². The van der Waals surface area contributed by atoms with Gasteiger partial charge in [-0.3, -0.25) is 4.79 Å². The molecule has 1 spiro atoms. The molecule has 2 fully saturated rings. The van der Waals surface area contributed by atoms with Crippen LogP contribution < -0.4 is 4.90 Å². The number of anilines is 2. The molecule has 0 bridgehead atoms. The second-order valence-electron chi connectivity index (χ2n) is 7.20. The van der Waals surface area contributed by atoms with Crippen LogP contribution in [0.25, 0.3) is 0 Å².